The van der Waals surface area contributed by atoms with Crippen LogP contribution in [0.15, 0.2) is 60.7 Å². The van der Waals surface area contributed by atoms with Crippen molar-refractivity contribution in [2.75, 3.05) is 0 Å². The summed E-state index contributed by atoms with van der Waals surface area (Å²) in [7, 11) is 0. The number of hydrogen-bond donors (Lipinski definition) is 0. The lowest BCUT2D eigenvalue weighted by atomic mass is 9.86. The molecule has 0 heterocycles. The summed E-state index contributed by atoms with van der Waals surface area (Å²) in [5, 5.41) is 0. The predicted octanol–water partition coefficient (Wildman–Crippen LogP) is 4.95. The van der Waals surface area contributed by atoms with Gasteiger partial charge in [0.15, 0.2) is 11.6 Å². The maximum atomic E-state index is 12.7. The van der Waals surface area contributed by atoms with Gasteiger partial charge in [-0.2, -0.15) is 0 Å². The van der Waals surface area contributed by atoms with Crippen molar-refractivity contribution < 1.29 is 9.59 Å². The maximum Gasteiger partial charge on any atom is 0.173 e. The van der Waals surface area contributed by atoms with Gasteiger partial charge in [0.25, 0.3) is 0 Å². The Kier molecular flexibility index (Phi) is 6.08. The first-order valence-electron chi connectivity index (χ1n) is 7.92. The Balaban J connectivity index is 2.22. The molecular weight excluding hydrogens is 272 g/mol. The van der Waals surface area contributed by atoms with Crippen LogP contribution in [-0.2, 0) is 0 Å². The fraction of sp³-hybridized carbons (Fsp3) is 0.300. The number of Topliss-reactive ketones (excluding diaryl/α,β-unsaturated/α-hetero) is 2. The Labute approximate surface area is 132 Å². The average molecular weight is 294 g/mol. The molecule has 0 aliphatic rings. The first kappa shape index (κ1) is 16.2. The van der Waals surface area contributed by atoms with E-state index in [2.05, 4.69) is 6.92 Å². The van der Waals surface area contributed by atoms with Gasteiger partial charge in [0.1, 0.15) is 0 Å². The molecule has 0 aromatic heterocycles. The van der Waals surface area contributed by atoms with Crippen LogP contribution in [0.2, 0.25) is 0 Å². The summed E-state index contributed by atoms with van der Waals surface area (Å²) in [6, 6.07) is 18.2. The van der Waals surface area contributed by atoms with Crippen molar-refractivity contribution in [3.05, 3.63) is 71.8 Å². The molecule has 0 amide bonds. The summed E-state index contributed by atoms with van der Waals surface area (Å²) in [5.41, 5.74) is 1.24. The van der Waals surface area contributed by atoms with Crippen LogP contribution in [0.5, 0.6) is 0 Å². The van der Waals surface area contributed by atoms with Gasteiger partial charge in [-0.05, 0) is 6.42 Å². The lowest BCUT2D eigenvalue weighted by molar-refractivity contribution is 0.0797. The smallest absolute Gasteiger partial charge is 0.173 e. The summed E-state index contributed by atoms with van der Waals surface area (Å²) < 4.78 is 0. The van der Waals surface area contributed by atoms with Crippen molar-refractivity contribution in [3.8, 4) is 0 Å². The Hall–Kier alpha value is -2.22. The second-order valence-corrected chi connectivity index (χ2v) is 5.51. The van der Waals surface area contributed by atoms with Crippen molar-refractivity contribution in [1.82, 2.24) is 0 Å². The number of unbranched alkanes of at least 4 members (excludes halogenated alkanes) is 2. The largest absolute Gasteiger partial charge is 0.293 e. The van der Waals surface area contributed by atoms with Crippen molar-refractivity contribution in [2.45, 2.75) is 32.6 Å². The first-order valence-corrected chi connectivity index (χ1v) is 7.92. The highest BCUT2D eigenvalue weighted by molar-refractivity contribution is 6.16. The molecular formula is C20H22O2. The molecule has 2 aromatic rings. The van der Waals surface area contributed by atoms with E-state index >= 15 is 0 Å². The molecule has 114 valence electrons. The van der Waals surface area contributed by atoms with E-state index in [1.807, 2.05) is 36.4 Å². The van der Waals surface area contributed by atoms with Crippen molar-refractivity contribution in [3.63, 3.8) is 0 Å². The van der Waals surface area contributed by atoms with Gasteiger partial charge in [-0.3, -0.25) is 9.59 Å². The maximum absolute atomic E-state index is 12.7. The molecule has 0 aliphatic heterocycles. The molecule has 0 N–H and O–H groups in total. The van der Waals surface area contributed by atoms with Crippen LogP contribution >= 0.6 is 0 Å². The lowest BCUT2D eigenvalue weighted by Crippen LogP contribution is -2.24. The van der Waals surface area contributed by atoms with E-state index in [0.29, 0.717) is 17.5 Å². The number of carbonyl (C=O) groups is 2. The van der Waals surface area contributed by atoms with Crippen LogP contribution in [0, 0.1) is 5.92 Å². The zero-order chi connectivity index (χ0) is 15.8. The molecule has 2 nitrogen and oxygen atoms in total. The summed E-state index contributed by atoms with van der Waals surface area (Å²) in [5.74, 6) is -0.701. The molecule has 0 fully saturated rings. The van der Waals surface area contributed by atoms with Gasteiger partial charge in [0.2, 0.25) is 0 Å². The lowest BCUT2D eigenvalue weighted by Gasteiger charge is -2.15. The van der Waals surface area contributed by atoms with Crippen molar-refractivity contribution in [1.29, 1.82) is 0 Å². The molecule has 0 atom stereocenters. The number of hydrogen-bond acceptors (Lipinski definition) is 2. The predicted molar refractivity (Wildman–Crippen MR) is 89.2 cm³/mol. The third kappa shape index (κ3) is 4.14. The van der Waals surface area contributed by atoms with Crippen molar-refractivity contribution >= 4 is 11.6 Å². The number of benzene rings is 2. The van der Waals surface area contributed by atoms with Gasteiger partial charge in [0, 0.05) is 11.1 Å². The molecule has 0 unspecified atom stereocenters. The fourth-order valence-electron chi connectivity index (χ4n) is 2.59. The van der Waals surface area contributed by atoms with E-state index in [1.165, 1.54) is 0 Å². The first-order chi connectivity index (χ1) is 10.7. The van der Waals surface area contributed by atoms with Gasteiger partial charge in [-0.1, -0.05) is 86.8 Å². The van der Waals surface area contributed by atoms with Crippen LogP contribution in [0.4, 0.5) is 0 Å². The topological polar surface area (TPSA) is 34.1 Å². The molecule has 2 rings (SSSR count). The minimum Gasteiger partial charge on any atom is -0.293 e. The van der Waals surface area contributed by atoms with Crippen LogP contribution in [0.3, 0.4) is 0 Å². The van der Waals surface area contributed by atoms with Crippen LogP contribution in [0.25, 0.3) is 0 Å². The standard InChI is InChI=1S/C20H22O2/c1-2-3-6-15-18(19(21)16-11-7-4-8-12-16)20(22)17-13-9-5-10-14-17/h4-5,7-14,18H,2-3,6,15H2,1H3. The van der Waals surface area contributed by atoms with Crippen LogP contribution < -0.4 is 0 Å². The van der Waals surface area contributed by atoms with Gasteiger partial charge in [0.05, 0.1) is 5.92 Å². The number of rotatable bonds is 8. The summed E-state index contributed by atoms with van der Waals surface area (Å²) in [6.45, 7) is 2.12. The van der Waals surface area contributed by atoms with E-state index in [4.69, 9.17) is 0 Å². The number of carbonyl (C=O) groups excluding carboxylic acids is 2. The molecule has 2 aromatic carbocycles. The second-order valence-electron chi connectivity index (χ2n) is 5.51. The zero-order valence-corrected chi connectivity index (χ0v) is 13.0. The highest BCUT2D eigenvalue weighted by Gasteiger charge is 2.27. The third-order valence-corrected chi connectivity index (χ3v) is 3.85. The van der Waals surface area contributed by atoms with Crippen molar-refractivity contribution in [2.24, 2.45) is 5.92 Å². The van der Waals surface area contributed by atoms with E-state index in [0.717, 1.165) is 19.3 Å². The van der Waals surface area contributed by atoms with E-state index in [1.54, 1.807) is 24.3 Å². The molecule has 0 bridgehead atoms. The minimum absolute atomic E-state index is 0.0643. The van der Waals surface area contributed by atoms with E-state index in [-0.39, 0.29) is 11.6 Å². The minimum atomic E-state index is -0.573. The van der Waals surface area contributed by atoms with Crippen LogP contribution in [0.1, 0.15) is 53.3 Å². The number of ketones is 2. The second kappa shape index (κ2) is 8.28. The summed E-state index contributed by atoms with van der Waals surface area (Å²) in [4.78, 5) is 25.5. The Morgan fingerprint density at radius 1 is 0.773 bits per heavy atom. The normalized spacial score (nSPS) is 10.6. The molecule has 22 heavy (non-hydrogen) atoms. The molecule has 0 radical (unpaired) electrons. The SMILES string of the molecule is CCCCCC(C(=O)c1ccccc1)C(=O)c1ccccc1. The van der Waals surface area contributed by atoms with E-state index < -0.39 is 5.92 Å². The summed E-state index contributed by atoms with van der Waals surface area (Å²) >= 11 is 0. The quantitative estimate of drug-likeness (QED) is 0.392. The third-order valence-electron chi connectivity index (χ3n) is 3.85. The highest BCUT2D eigenvalue weighted by Crippen LogP contribution is 2.21. The Morgan fingerprint density at radius 3 is 1.64 bits per heavy atom. The monoisotopic (exact) mass is 294 g/mol. The average Bonchev–Trinajstić information content (AvgIpc) is 2.59. The molecule has 0 spiro atoms. The van der Waals surface area contributed by atoms with Gasteiger partial charge in [-0.25, -0.2) is 0 Å². The molecule has 0 aliphatic carbocycles. The Bertz CT molecular complexity index is 551. The molecule has 2 heteroatoms. The van der Waals surface area contributed by atoms with E-state index in [9.17, 15) is 9.59 Å². The van der Waals surface area contributed by atoms with Gasteiger partial charge < -0.3 is 0 Å². The fourth-order valence-corrected chi connectivity index (χ4v) is 2.59. The van der Waals surface area contributed by atoms with Gasteiger partial charge in [-0.15, -0.1) is 0 Å². The van der Waals surface area contributed by atoms with Gasteiger partial charge >= 0.3 is 0 Å². The Morgan fingerprint density at radius 2 is 1.23 bits per heavy atom. The molecule has 0 saturated heterocycles. The molecule has 0 saturated carbocycles. The highest BCUT2D eigenvalue weighted by atomic mass is 16.1. The zero-order valence-electron chi connectivity index (χ0n) is 13.0. The summed E-state index contributed by atoms with van der Waals surface area (Å²) in [6.07, 6.45) is 3.64. The van der Waals surface area contributed by atoms with Crippen LogP contribution in [-0.4, -0.2) is 11.6 Å².